The van der Waals surface area contributed by atoms with Gasteiger partial charge in [-0.05, 0) is 49.1 Å². The number of hydrogen-bond donors (Lipinski definition) is 1. The second-order valence-corrected chi connectivity index (χ2v) is 6.21. The van der Waals surface area contributed by atoms with Gasteiger partial charge in [-0.1, -0.05) is 38.1 Å². The summed E-state index contributed by atoms with van der Waals surface area (Å²) < 4.78 is 1.94. The summed E-state index contributed by atoms with van der Waals surface area (Å²) in [5, 5.41) is 2.97. The number of aromatic nitrogens is 2. The highest BCUT2D eigenvalue weighted by Crippen LogP contribution is 2.21. The summed E-state index contributed by atoms with van der Waals surface area (Å²) in [7, 11) is 0. The van der Waals surface area contributed by atoms with E-state index in [0.717, 1.165) is 29.0 Å². The number of carbonyl (C=O) groups excluding carboxylic acids is 1. The molecule has 1 amide bonds. The summed E-state index contributed by atoms with van der Waals surface area (Å²) in [5.41, 5.74) is 4.03. The molecule has 1 heterocycles. The normalized spacial score (nSPS) is 12.3. The van der Waals surface area contributed by atoms with Gasteiger partial charge in [0.25, 0.3) is 0 Å². The lowest BCUT2D eigenvalue weighted by atomic mass is 9.99. The van der Waals surface area contributed by atoms with Gasteiger partial charge >= 0.3 is 0 Å². The van der Waals surface area contributed by atoms with E-state index in [0.29, 0.717) is 5.92 Å². The molecule has 0 spiro atoms. The summed E-state index contributed by atoms with van der Waals surface area (Å²) in [6, 6.07) is 16.0. The molecule has 124 valence electrons. The molecule has 3 rings (SSSR count). The molecule has 2 aromatic carbocycles. The lowest BCUT2D eigenvalue weighted by molar-refractivity contribution is -0.116. The lowest BCUT2D eigenvalue weighted by Gasteiger charge is -2.11. The van der Waals surface area contributed by atoms with Gasteiger partial charge in [-0.2, -0.15) is 0 Å². The third-order valence-electron chi connectivity index (χ3n) is 4.52. The second kappa shape index (κ2) is 6.87. The summed E-state index contributed by atoms with van der Waals surface area (Å²) in [4.78, 5) is 16.9. The zero-order valence-electron chi connectivity index (χ0n) is 14.4. The molecule has 1 atom stereocenters. The van der Waals surface area contributed by atoms with Gasteiger partial charge in [-0.3, -0.25) is 4.79 Å². The van der Waals surface area contributed by atoms with Gasteiger partial charge in [-0.15, -0.1) is 0 Å². The van der Waals surface area contributed by atoms with E-state index in [2.05, 4.69) is 36.3 Å². The Labute approximate surface area is 142 Å². The Bertz CT molecular complexity index is 849. The number of para-hydroxylation sites is 2. The average molecular weight is 321 g/mol. The van der Waals surface area contributed by atoms with Crippen LogP contribution in [0.25, 0.3) is 11.0 Å². The van der Waals surface area contributed by atoms with E-state index in [1.807, 2.05) is 47.9 Å². The average Bonchev–Trinajstić information content (AvgIpc) is 2.90. The van der Waals surface area contributed by atoms with Crippen molar-refractivity contribution in [3.8, 4) is 0 Å². The SMILES string of the molecule is CC[C@@H](C)c1ccc(NC(=O)Cn2c(C)nc3ccccc32)cc1. The third-order valence-corrected chi connectivity index (χ3v) is 4.52. The van der Waals surface area contributed by atoms with Crippen LogP contribution < -0.4 is 5.32 Å². The number of fused-ring (bicyclic) bond motifs is 1. The molecule has 0 bridgehead atoms. The number of aryl methyl sites for hydroxylation is 1. The first-order valence-electron chi connectivity index (χ1n) is 8.40. The van der Waals surface area contributed by atoms with Gasteiger partial charge < -0.3 is 9.88 Å². The number of anilines is 1. The van der Waals surface area contributed by atoms with E-state index in [-0.39, 0.29) is 12.5 Å². The van der Waals surface area contributed by atoms with Crippen molar-refractivity contribution in [1.82, 2.24) is 9.55 Å². The minimum atomic E-state index is -0.0439. The van der Waals surface area contributed by atoms with E-state index < -0.39 is 0 Å². The molecule has 4 heteroatoms. The number of amides is 1. The Morgan fingerprint density at radius 1 is 1.17 bits per heavy atom. The molecule has 0 aliphatic heterocycles. The number of nitrogens with one attached hydrogen (secondary N) is 1. The maximum absolute atomic E-state index is 12.4. The van der Waals surface area contributed by atoms with Crippen LogP contribution in [0, 0.1) is 6.92 Å². The Morgan fingerprint density at radius 2 is 1.88 bits per heavy atom. The van der Waals surface area contributed by atoms with Gasteiger partial charge in [0.05, 0.1) is 11.0 Å². The first-order chi connectivity index (χ1) is 11.6. The molecular weight excluding hydrogens is 298 g/mol. The molecule has 0 aliphatic carbocycles. The molecule has 0 saturated heterocycles. The van der Waals surface area contributed by atoms with E-state index in [4.69, 9.17) is 0 Å². The van der Waals surface area contributed by atoms with Crippen molar-refractivity contribution in [3.63, 3.8) is 0 Å². The number of nitrogens with zero attached hydrogens (tertiary/aromatic N) is 2. The first kappa shape index (κ1) is 16.2. The maximum atomic E-state index is 12.4. The van der Waals surface area contributed by atoms with Crippen LogP contribution in [0.4, 0.5) is 5.69 Å². The minimum absolute atomic E-state index is 0.0439. The molecule has 3 aromatic rings. The van der Waals surface area contributed by atoms with Crippen molar-refractivity contribution in [2.75, 3.05) is 5.32 Å². The molecule has 0 fully saturated rings. The van der Waals surface area contributed by atoms with Crippen molar-refractivity contribution >= 4 is 22.6 Å². The van der Waals surface area contributed by atoms with Crippen LogP contribution >= 0.6 is 0 Å². The van der Waals surface area contributed by atoms with Gasteiger partial charge in [0.15, 0.2) is 0 Å². The Balaban J connectivity index is 1.72. The molecule has 0 radical (unpaired) electrons. The van der Waals surface area contributed by atoms with Crippen LogP contribution in [0.2, 0.25) is 0 Å². The highest BCUT2D eigenvalue weighted by atomic mass is 16.1. The van der Waals surface area contributed by atoms with Crippen molar-refractivity contribution in [1.29, 1.82) is 0 Å². The maximum Gasteiger partial charge on any atom is 0.244 e. The summed E-state index contributed by atoms with van der Waals surface area (Å²) in [6.07, 6.45) is 1.11. The number of benzene rings is 2. The van der Waals surface area contributed by atoms with Crippen molar-refractivity contribution in [2.45, 2.75) is 39.7 Å². The molecule has 0 aliphatic rings. The monoisotopic (exact) mass is 321 g/mol. The first-order valence-corrected chi connectivity index (χ1v) is 8.40. The minimum Gasteiger partial charge on any atom is -0.325 e. The second-order valence-electron chi connectivity index (χ2n) is 6.21. The van der Waals surface area contributed by atoms with Crippen molar-refractivity contribution in [3.05, 3.63) is 59.9 Å². The molecule has 4 nitrogen and oxygen atoms in total. The smallest absolute Gasteiger partial charge is 0.244 e. The zero-order chi connectivity index (χ0) is 17.1. The Hall–Kier alpha value is -2.62. The third kappa shape index (κ3) is 3.32. The van der Waals surface area contributed by atoms with Crippen LogP contribution in [-0.4, -0.2) is 15.5 Å². The Kier molecular flexibility index (Phi) is 4.65. The fourth-order valence-corrected chi connectivity index (χ4v) is 2.87. The Morgan fingerprint density at radius 3 is 2.58 bits per heavy atom. The van der Waals surface area contributed by atoms with Gasteiger partial charge in [0.1, 0.15) is 12.4 Å². The van der Waals surface area contributed by atoms with E-state index in [9.17, 15) is 4.79 Å². The van der Waals surface area contributed by atoms with Crippen LogP contribution in [0.15, 0.2) is 48.5 Å². The van der Waals surface area contributed by atoms with E-state index >= 15 is 0 Å². The lowest BCUT2D eigenvalue weighted by Crippen LogP contribution is -2.19. The van der Waals surface area contributed by atoms with Crippen molar-refractivity contribution < 1.29 is 4.79 Å². The summed E-state index contributed by atoms with van der Waals surface area (Å²) in [5.74, 6) is 1.34. The van der Waals surface area contributed by atoms with E-state index in [1.165, 1.54) is 5.56 Å². The van der Waals surface area contributed by atoms with Gasteiger partial charge in [0.2, 0.25) is 5.91 Å². The van der Waals surface area contributed by atoms with Crippen LogP contribution in [-0.2, 0) is 11.3 Å². The standard InChI is InChI=1S/C20H23N3O/c1-4-14(2)16-9-11-17(12-10-16)22-20(24)13-23-15(3)21-18-7-5-6-8-19(18)23/h5-12,14H,4,13H2,1-3H3,(H,22,24)/t14-/m1/s1. The fraction of sp³-hybridized carbons (Fsp3) is 0.300. The topological polar surface area (TPSA) is 46.9 Å². The summed E-state index contributed by atoms with van der Waals surface area (Å²) in [6.45, 7) is 6.58. The summed E-state index contributed by atoms with van der Waals surface area (Å²) >= 11 is 0. The molecule has 1 N–H and O–H groups in total. The predicted molar refractivity (Wildman–Crippen MR) is 98.2 cm³/mol. The highest BCUT2D eigenvalue weighted by molar-refractivity contribution is 5.91. The molecule has 0 unspecified atom stereocenters. The van der Waals surface area contributed by atoms with Crippen LogP contribution in [0.3, 0.4) is 0 Å². The van der Waals surface area contributed by atoms with E-state index in [1.54, 1.807) is 0 Å². The fourth-order valence-electron chi connectivity index (χ4n) is 2.87. The predicted octanol–water partition coefficient (Wildman–Crippen LogP) is 4.50. The molecule has 1 aromatic heterocycles. The molecule has 24 heavy (non-hydrogen) atoms. The molecule has 0 saturated carbocycles. The van der Waals surface area contributed by atoms with Gasteiger partial charge in [0, 0.05) is 5.69 Å². The highest BCUT2D eigenvalue weighted by Gasteiger charge is 2.11. The van der Waals surface area contributed by atoms with Gasteiger partial charge in [-0.25, -0.2) is 4.98 Å². The number of imidazole rings is 1. The van der Waals surface area contributed by atoms with Crippen LogP contribution in [0.5, 0.6) is 0 Å². The quantitative estimate of drug-likeness (QED) is 0.752. The number of rotatable bonds is 5. The van der Waals surface area contributed by atoms with Crippen LogP contribution in [0.1, 0.15) is 37.6 Å². The zero-order valence-corrected chi connectivity index (χ0v) is 14.4. The number of carbonyl (C=O) groups is 1. The largest absolute Gasteiger partial charge is 0.325 e. The molecular formula is C20H23N3O. The van der Waals surface area contributed by atoms with Crippen molar-refractivity contribution in [2.24, 2.45) is 0 Å². The number of hydrogen-bond acceptors (Lipinski definition) is 2.